The maximum Gasteiger partial charge on any atom is 0.254 e. The van der Waals surface area contributed by atoms with Crippen LogP contribution in [0.2, 0.25) is 0 Å². The van der Waals surface area contributed by atoms with Gasteiger partial charge in [0.05, 0.1) is 12.5 Å². The van der Waals surface area contributed by atoms with Crippen LogP contribution in [0.1, 0.15) is 30.6 Å². The molecule has 0 spiro atoms. The monoisotopic (exact) mass is 309 g/mol. The summed E-state index contributed by atoms with van der Waals surface area (Å²) in [5.41, 5.74) is 0.593. The number of nitrogens with zero attached hydrogens (tertiary/aromatic N) is 3. The van der Waals surface area contributed by atoms with Crippen LogP contribution in [0.4, 0.5) is 0 Å². The Balaban J connectivity index is 2.84. The van der Waals surface area contributed by atoms with E-state index in [-0.39, 0.29) is 5.91 Å². The molecule has 0 aliphatic rings. The average molecular weight is 310 g/mol. The fraction of sp³-hybridized carbons (Fsp3) is 0.462. The van der Waals surface area contributed by atoms with Crippen LogP contribution in [0.5, 0.6) is 0 Å². The van der Waals surface area contributed by atoms with E-state index in [4.69, 9.17) is 5.26 Å². The second-order valence-corrected chi connectivity index (χ2v) is 5.23. The highest BCUT2D eigenvalue weighted by molar-refractivity contribution is 9.10. The molecule has 0 saturated heterocycles. The van der Waals surface area contributed by atoms with Crippen molar-refractivity contribution in [1.82, 2.24) is 9.88 Å². The Labute approximate surface area is 116 Å². The largest absolute Gasteiger partial charge is 0.337 e. The van der Waals surface area contributed by atoms with Crippen molar-refractivity contribution in [3.63, 3.8) is 0 Å². The standard InChI is InChI=1S/C13H16BrN3O/c1-10(2)9-17(7-3-5-15)13(18)11-4-6-16-12(14)8-11/h4,6,8,10H,3,7,9H2,1-2H3. The molecule has 5 heteroatoms. The lowest BCUT2D eigenvalue weighted by molar-refractivity contribution is 0.0739. The number of pyridine rings is 1. The van der Waals surface area contributed by atoms with Gasteiger partial charge in [-0.2, -0.15) is 5.26 Å². The molecule has 0 aliphatic heterocycles. The lowest BCUT2D eigenvalue weighted by Gasteiger charge is -2.23. The number of rotatable bonds is 5. The van der Waals surface area contributed by atoms with E-state index in [9.17, 15) is 4.79 Å². The Bertz CT molecular complexity index is 454. The third-order valence-corrected chi connectivity index (χ3v) is 2.77. The van der Waals surface area contributed by atoms with Crippen LogP contribution in [-0.4, -0.2) is 28.9 Å². The molecule has 0 aromatic carbocycles. The van der Waals surface area contributed by atoms with Gasteiger partial charge in [0, 0.05) is 24.8 Å². The van der Waals surface area contributed by atoms with Gasteiger partial charge in [0.25, 0.3) is 5.91 Å². The number of carbonyl (C=O) groups excluding carboxylic acids is 1. The molecule has 1 heterocycles. The molecule has 1 amide bonds. The molecule has 0 atom stereocenters. The second-order valence-electron chi connectivity index (χ2n) is 4.42. The number of hydrogen-bond donors (Lipinski definition) is 0. The zero-order valence-corrected chi connectivity index (χ0v) is 12.1. The molecular formula is C13H16BrN3O. The number of hydrogen-bond acceptors (Lipinski definition) is 3. The quantitative estimate of drug-likeness (QED) is 0.786. The fourth-order valence-electron chi connectivity index (χ4n) is 1.62. The van der Waals surface area contributed by atoms with Crippen molar-refractivity contribution in [2.45, 2.75) is 20.3 Å². The molecule has 4 nitrogen and oxygen atoms in total. The Kier molecular flexibility index (Phi) is 5.79. The number of aromatic nitrogens is 1. The molecule has 0 unspecified atom stereocenters. The van der Waals surface area contributed by atoms with E-state index in [0.717, 1.165) is 0 Å². The third kappa shape index (κ3) is 4.46. The minimum Gasteiger partial charge on any atom is -0.337 e. The first-order chi connectivity index (χ1) is 8.54. The zero-order valence-electron chi connectivity index (χ0n) is 10.6. The first-order valence-corrected chi connectivity index (χ1v) is 6.61. The van der Waals surface area contributed by atoms with Crippen molar-refractivity contribution in [1.29, 1.82) is 5.26 Å². The second kappa shape index (κ2) is 7.12. The smallest absolute Gasteiger partial charge is 0.254 e. The van der Waals surface area contributed by atoms with Crippen molar-refractivity contribution < 1.29 is 4.79 Å². The maximum absolute atomic E-state index is 12.3. The predicted octanol–water partition coefficient (Wildman–Crippen LogP) is 2.86. The van der Waals surface area contributed by atoms with Crippen LogP contribution in [0.15, 0.2) is 22.9 Å². The summed E-state index contributed by atoms with van der Waals surface area (Å²) in [6.45, 7) is 5.22. The van der Waals surface area contributed by atoms with Gasteiger partial charge in [-0.05, 0) is 34.0 Å². The van der Waals surface area contributed by atoms with Crippen LogP contribution in [0.25, 0.3) is 0 Å². The van der Waals surface area contributed by atoms with E-state index in [1.54, 1.807) is 23.2 Å². The zero-order chi connectivity index (χ0) is 13.5. The highest BCUT2D eigenvalue weighted by atomic mass is 79.9. The first kappa shape index (κ1) is 14.7. The molecule has 0 saturated carbocycles. The predicted molar refractivity (Wildman–Crippen MR) is 72.9 cm³/mol. The molecule has 0 bridgehead atoms. The summed E-state index contributed by atoms with van der Waals surface area (Å²) in [6.07, 6.45) is 1.94. The lowest BCUT2D eigenvalue weighted by atomic mass is 10.1. The van der Waals surface area contributed by atoms with Crippen molar-refractivity contribution in [3.8, 4) is 6.07 Å². The van der Waals surface area contributed by atoms with Crippen molar-refractivity contribution in [3.05, 3.63) is 28.5 Å². The molecule has 0 aliphatic carbocycles. The van der Waals surface area contributed by atoms with E-state index in [0.29, 0.717) is 35.6 Å². The van der Waals surface area contributed by atoms with Crippen LogP contribution in [0.3, 0.4) is 0 Å². The molecular weight excluding hydrogens is 294 g/mol. The van der Waals surface area contributed by atoms with Crippen LogP contribution < -0.4 is 0 Å². The van der Waals surface area contributed by atoms with E-state index < -0.39 is 0 Å². The Morgan fingerprint density at radius 1 is 1.61 bits per heavy atom. The van der Waals surface area contributed by atoms with Crippen LogP contribution in [-0.2, 0) is 0 Å². The highest BCUT2D eigenvalue weighted by Gasteiger charge is 2.16. The van der Waals surface area contributed by atoms with Gasteiger partial charge >= 0.3 is 0 Å². The molecule has 18 heavy (non-hydrogen) atoms. The highest BCUT2D eigenvalue weighted by Crippen LogP contribution is 2.12. The maximum atomic E-state index is 12.3. The number of carbonyl (C=O) groups is 1. The Hall–Kier alpha value is -1.41. The molecule has 1 rings (SSSR count). The molecule has 0 radical (unpaired) electrons. The van der Waals surface area contributed by atoms with Gasteiger partial charge in [-0.25, -0.2) is 4.98 Å². The van der Waals surface area contributed by atoms with Gasteiger partial charge in [0.2, 0.25) is 0 Å². The Morgan fingerprint density at radius 3 is 2.89 bits per heavy atom. The Morgan fingerprint density at radius 2 is 2.33 bits per heavy atom. The lowest BCUT2D eigenvalue weighted by Crippen LogP contribution is -2.35. The van der Waals surface area contributed by atoms with Crippen molar-refractivity contribution in [2.75, 3.05) is 13.1 Å². The molecule has 0 N–H and O–H groups in total. The third-order valence-electron chi connectivity index (χ3n) is 2.34. The summed E-state index contributed by atoms with van der Waals surface area (Å²) in [4.78, 5) is 18.0. The molecule has 1 aromatic rings. The summed E-state index contributed by atoms with van der Waals surface area (Å²) < 4.78 is 0.637. The van der Waals surface area contributed by atoms with E-state index in [2.05, 4.69) is 40.8 Å². The summed E-state index contributed by atoms with van der Waals surface area (Å²) >= 11 is 3.25. The molecule has 0 fully saturated rings. The molecule has 1 aromatic heterocycles. The molecule has 96 valence electrons. The SMILES string of the molecule is CC(C)CN(CCC#N)C(=O)c1ccnc(Br)c1. The number of amides is 1. The van der Waals surface area contributed by atoms with Crippen molar-refractivity contribution >= 4 is 21.8 Å². The first-order valence-electron chi connectivity index (χ1n) is 5.82. The number of nitriles is 1. The van der Waals surface area contributed by atoms with E-state index in [1.807, 2.05) is 0 Å². The van der Waals surface area contributed by atoms with Gasteiger partial charge in [-0.1, -0.05) is 13.8 Å². The van der Waals surface area contributed by atoms with Crippen LogP contribution in [0, 0.1) is 17.2 Å². The normalized spacial score (nSPS) is 10.2. The minimum absolute atomic E-state index is 0.0537. The van der Waals surface area contributed by atoms with Gasteiger partial charge in [0.15, 0.2) is 0 Å². The van der Waals surface area contributed by atoms with E-state index in [1.165, 1.54) is 0 Å². The van der Waals surface area contributed by atoms with Gasteiger partial charge in [0.1, 0.15) is 4.60 Å². The summed E-state index contributed by atoms with van der Waals surface area (Å²) in [5, 5.41) is 8.64. The van der Waals surface area contributed by atoms with Crippen LogP contribution >= 0.6 is 15.9 Å². The minimum atomic E-state index is -0.0537. The van der Waals surface area contributed by atoms with Gasteiger partial charge < -0.3 is 4.90 Å². The number of halogens is 1. The topological polar surface area (TPSA) is 57.0 Å². The van der Waals surface area contributed by atoms with Gasteiger partial charge in [-0.3, -0.25) is 4.79 Å². The summed E-state index contributed by atoms with van der Waals surface area (Å²) in [5.74, 6) is 0.319. The van der Waals surface area contributed by atoms with E-state index >= 15 is 0 Å². The average Bonchev–Trinajstić information content (AvgIpc) is 2.33. The summed E-state index contributed by atoms with van der Waals surface area (Å²) in [6, 6.07) is 5.46. The summed E-state index contributed by atoms with van der Waals surface area (Å²) in [7, 11) is 0. The van der Waals surface area contributed by atoms with Gasteiger partial charge in [-0.15, -0.1) is 0 Å². The fourth-order valence-corrected chi connectivity index (χ4v) is 1.98. The van der Waals surface area contributed by atoms with Crippen molar-refractivity contribution in [2.24, 2.45) is 5.92 Å².